The highest BCUT2D eigenvalue weighted by Gasteiger charge is 2.04. The minimum atomic E-state index is -0.281. The summed E-state index contributed by atoms with van der Waals surface area (Å²) < 4.78 is 5.49. The highest BCUT2D eigenvalue weighted by molar-refractivity contribution is 5.86. The maximum atomic E-state index is 11.8. The van der Waals surface area contributed by atoms with Crippen molar-refractivity contribution in [1.82, 2.24) is 5.43 Å². The molecule has 0 aromatic heterocycles. The van der Waals surface area contributed by atoms with Crippen LogP contribution in [0.2, 0.25) is 0 Å². The summed E-state index contributed by atoms with van der Waals surface area (Å²) in [6.45, 7) is 5.93. The van der Waals surface area contributed by atoms with Crippen LogP contribution in [0.5, 0.6) is 11.5 Å². The number of nitrogens with one attached hydrogen (secondary N) is 2. The second-order valence-electron chi connectivity index (χ2n) is 5.90. The number of phenolic OH excluding ortho intramolecular Hbond substituents is 1. The van der Waals surface area contributed by atoms with Crippen LogP contribution in [-0.2, 0) is 4.79 Å². The minimum absolute atomic E-state index is 0.0271. The fourth-order valence-electron chi connectivity index (χ4n) is 2.05. The molecule has 0 fully saturated rings. The first-order chi connectivity index (χ1) is 11.9. The van der Waals surface area contributed by atoms with Gasteiger partial charge >= 0.3 is 0 Å². The molecule has 0 spiro atoms. The predicted molar refractivity (Wildman–Crippen MR) is 99.3 cm³/mol. The van der Waals surface area contributed by atoms with Crippen LogP contribution >= 0.6 is 0 Å². The minimum Gasteiger partial charge on any atom is -0.507 e. The fourth-order valence-corrected chi connectivity index (χ4v) is 2.05. The average Bonchev–Trinajstić information content (AvgIpc) is 2.56. The lowest BCUT2D eigenvalue weighted by atomic mass is 10.2. The van der Waals surface area contributed by atoms with E-state index >= 15 is 0 Å². The Morgan fingerprint density at radius 2 is 1.96 bits per heavy atom. The summed E-state index contributed by atoms with van der Waals surface area (Å²) >= 11 is 0. The first-order valence-corrected chi connectivity index (χ1v) is 8.06. The number of hydrazone groups is 1. The van der Waals surface area contributed by atoms with E-state index in [2.05, 4.69) is 15.8 Å². The fraction of sp³-hybridized carbons (Fsp3) is 0.263. The van der Waals surface area contributed by atoms with Gasteiger partial charge in [-0.2, -0.15) is 5.10 Å². The summed E-state index contributed by atoms with van der Waals surface area (Å²) in [6.07, 6.45) is 1.41. The molecule has 0 unspecified atom stereocenters. The van der Waals surface area contributed by atoms with E-state index in [0.29, 0.717) is 11.3 Å². The highest BCUT2D eigenvalue weighted by atomic mass is 16.5. The molecule has 0 aliphatic carbocycles. The van der Waals surface area contributed by atoms with Crippen molar-refractivity contribution in [2.45, 2.75) is 26.9 Å². The van der Waals surface area contributed by atoms with E-state index in [9.17, 15) is 9.90 Å². The summed E-state index contributed by atoms with van der Waals surface area (Å²) in [7, 11) is 0. The Morgan fingerprint density at radius 3 is 2.60 bits per heavy atom. The Bertz CT molecular complexity index is 740. The van der Waals surface area contributed by atoms with Gasteiger partial charge in [0, 0.05) is 17.3 Å². The Balaban J connectivity index is 1.83. The largest absolute Gasteiger partial charge is 0.507 e. The van der Waals surface area contributed by atoms with Crippen molar-refractivity contribution in [3.8, 4) is 11.5 Å². The van der Waals surface area contributed by atoms with E-state index in [1.165, 1.54) is 12.3 Å². The number of aryl methyl sites for hydroxylation is 1. The van der Waals surface area contributed by atoms with Gasteiger partial charge in [0.15, 0.2) is 0 Å². The molecular formula is C19H23N3O3. The van der Waals surface area contributed by atoms with Crippen LogP contribution in [0.15, 0.2) is 47.6 Å². The first kappa shape index (κ1) is 18.3. The molecule has 0 aliphatic heterocycles. The molecule has 132 valence electrons. The molecule has 2 aromatic rings. The second kappa shape index (κ2) is 8.73. The predicted octanol–water partition coefficient (Wildman–Crippen LogP) is 3.05. The molecule has 6 nitrogen and oxygen atoms in total. The number of amides is 1. The molecule has 25 heavy (non-hydrogen) atoms. The number of anilines is 1. The molecule has 3 N–H and O–H groups in total. The van der Waals surface area contributed by atoms with Crippen LogP contribution in [0, 0.1) is 6.92 Å². The van der Waals surface area contributed by atoms with Crippen molar-refractivity contribution in [1.29, 1.82) is 0 Å². The van der Waals surface area contributed by atoms with Gasteiger partial charge in [0.1, 0.15) is 11.5 Å². The third-order valence-electron chi connectivity index (χ3n) is 3.27. The summed E-state index contributed by atoms with van der Waals surface area (Å²) in [5.41, 5.74) is 4.92. The average molecular weight is 341 g/mol. The summed E-state index contributed by atoms with van der Waals surface area (Å²) in [4.78, 5) is 11.8. The maximum absolute atomic E-state index is 11.8. The molecule has 0 heterocycles. The number of rotatable bonds is 7. The lowest BCUT2D eigenvalue weighted by Crippen LogP contribution is -2.25. The third-order valence-corrected chi connectivity index (χ3v) is 3.27. The number of hydrogen-bond acceptors (Lipinski definition) is 5. The SMILES string of the molecule is Cc1ccc(NCC(=O)N/N=C\c2ccc(OC(C)C)cc2O)cc1. The second-order valence-corrected chi connectivity index (χ2v) is 5.90. The van der Waals surface area contributed by atoms with Gasteiger partial charge in [-0.3, -0.25) is 4.79 Å². The zero-order valence-electron chi connectivity index (χ0n) is 14.6. The van der Waals surface area contributed by atoms with Crippen LogP contribution in [-0.4, -0.2) is 29.9 Å². The van der Waals surface area contributed by atoms with Gasteiger partial charge in [-0.25, -0.2) is 5.43 Å². The maximum Gasteiger partial charge on any atom is 0.259 e. The number of hydrogen-bond donors (Lipinski definition) is 3. The lowest BCUT2D eigenvalue weighted by Gasteiger charge is -2.10. The van der Waals surface area contributed by atoms with E-state index in [-0.39, 0.29) is 24.3 Å². The first-order valence-electron chi connectivity index (χ1n) is 8.06. The van der Waals surface area contributed by atoms with Gasteiger partial charge in [-0.05, 0) is 45.0 Å². The van der Waals surface area contributed by atoms with Gasteiger partial charge in [0.25, 0.3) is 5.91 Å². The Hall–Kier alpha value is -3.02. The smallest absolute Gasteiger partial charge is 0.259 e. The molecule has 0 bridgehead atoms. The van der Waals surface area contributed by atoms with Gasteiger partial charge < -0.3 is 15.2 Å². The van der Waals surface area contributed by atoms with Gasteiger partial charge in [-0.1, -0.05) is 17.7 Å². The molecule has 0 aliphatic rings. The van der Waals surface area contributed by atoms with E-state index in [4.69, 9.17) is 4.74 Å². The molecular weight excluding hydrogens is 318 g/mol. The zero-order chi connectivity index (χ0) is 18.2. The van der Waals surface area contributed by atoms with Gasteiger partial charge in [-0.15, -0.1) is 0 Å². The number of aromatic hydroxyl groups is 1. The van der Waals surface area contributed by atoms with Crippen LogP contribution in [0.1, 0.15) is 25.0 Å². The van der Waals surface area contributed by atoms with Crippen LogP contribution < -0.4 is 15.5 Å². The van der Waals surface area contributed by atoms with Gasteiger partial charge in [0.2, 0.25) is 0 Å². The van der Waals surface area contributed by atoms with Crippen LogP contribution in [0.3, 0.4) is 0 Å². The highest BCUT2D eigenvalue weighted by Crippen LogP contribution is 2.23. The van der Waals surface area contributed by atoms with Crippen LogP contribution in [0.25, 0.3) is 0 Å². The molecule has 1 amide bonds. The number of ether oxygens (including phenoxy) is 1. The topological polar surface area (TPSA) is 83.0 Å². The summed E-state index contributed by atoms with van der Waals surface area (Å²) in [5.74, 6) is 0.334. The van der Waals surface area contributed by atoms with E-state index in [1.54, 1.807) is 12.1 Å². The molecule has 0 saturated carbocycles. The van der Waals surface area contributed by atoms with Crippen molar-refractivity contribution >= 4 is 17.8 Å². The lowest BCUT2D eigenvalue weighted by molar-refractivity contribution is -0.119. The molecule has 0 atom stereocenters. The number of phenols is 1. The van der Waals surface area contributed by atoms with E-state index < -0.39 is 0 Å². The summed E-state index contributed by atoms with van der Waals surface area (Å²) in [6, 6.07) is 12.7. The van der Waals surface area contributed by atoms with E-state index in [0.717, 1.165) is 11.3 Å². The van der Waals surface area contributed by atoms with Gasteiger partial charge in [0.05, 0.1) is 18.9 Å². The molecule has 2 rings (SSSR count). The Labute approximate surface area is 147 Å². The number of carbonyl (C=O) groups is 1. The van der Waals surface area contributed by atoms with Crippen LogP contribution in [0.4, 0.5) is 5.69 Å². The van der Waals surface area contributed by atoms with Crippen molar-refractivity contribution in [3.05, 3.63) is 53.6 Å². The van der Waals surface area contributed by atoms with Crippen molar-refractivity contribution in [2.24, 2.45) is 5.10 Å². The number of benzene rings is 2. The monoisotopic (exact) mass is 341 g/mol. The molecule has 0 saturated heterocycles. The molecule has 0 radical (unpaired) electrons. The zero-order valence-corrected chi connectivity index (χ0v) is 14.6. The van der Waals surface area contributed by atoms with Crippen molar-refractivity contribution < 1.29 is 14.6 Å². The number of carbonyl (C=O) groups excluding carboxylic acids is 1. The van der Waals surface area contributed by atoms with Crippen molar-refractivity contribution in [3.63, 3.8) is 0 Å². The number of nitrogens with zero attached hydrogens (tertiary/aromatic N) is 1. The Morgan fingerprint density at radius 1 is 1.24 bits per heavy atom. The third kappa shape index (κ3) is 6.18. The standard InChI is InChI=1S/C19H23N3O3/c1-13(2)25-17-9-6-15(18(23)10-17)11-21-22-19(24)12-20-16-7-4-14(3)5-8-16/h4-11,13,20,23H,12H2,1-3H3,(H,22,24)/b21-11-. The Kier molecular flexibility index (Phi) is 6.39. The molecule has 2 aromatic carbocycles. The van der Waals surface area contributed by atoms with E-state index in [1.807, 2.05) is 45.0 Å². The normalized spacial score (nSPS) is 10.9. The molecule has 6 heteroatoms. The van der Waals surface area contributed by atoms with Crippen molar-refractivity contribution in [2.75, 3.05) is 11.9 Å². The quantitative estimate of drug-likeness (QED) is 0.534. The summed E-state index contributed by atoms with van der Waals surface area (Å²) in [5, 5.41) is 16.8.